The Morgan fingerprint density at radius 2 is 2.20 bits per heavy atom. The van der Waals surface area contributed by atoms with E-state index < -0.39 is 11.4 Å². The Kier molecular flexibility index (Phi) is 3.65. The van der Waals surface area contributed by atoms with Crippen LogP contribution in [0.2, 0.25) is 0 Å². The summed E-state index contributed by atoms with van der Waals surface area (Å²) in [5, 5.41) is 13.2. The molecule has 2 aromatic heterocycles. The Morgan fingerprint density at radius 1 is 1.50 bits per heavy atom. The van der Waals surface area contributed by atoms with Crippen LogP contribution >= 0.6 is 0 Å². The molecule has 0 saturated heterocycles. The van der Waals surface area contributed by atoms with Gasteiger partial charge in [-0.1, -0.05) is 19.0 Å². The van der Waals surface area contributed by atoms with E-state index in [2.05, 4.69) is 10.1 Å². The third-order valence-electron chi connectivity index (χ3n) is 3.81. The zero-order valence-corrected chi connectivity index (χ0v) is 12.0. The predicted molar refractivity (Wildman–Crippen MR) is 71.0 cm³/mol. The SMILES string of the molecule is Cc1ccoc1-c1noc(CC(C)(C(=O)O)C(C)C)n1. The Labute approximate surface area is 116 Å². The molecule has 0 saturated carbocycles. The van der Waals surface area contributed by atoms with Gasteiger partial charge in [0.2, 0.25) is 11.7 Å². The van der Waals surface area contributed by atoms with Crippen molar-refractivity contribution in [3.8, 4) is 11.6 Å². The van der Waals surface area contributed by atoms with Crippen molar-refractivity contribution in [3.05, 3.63) is 23.8 Å². The van der Waals surface area contributed by atoms with E-state index in [-0.39, 0.29) is 12.3 Å². The van der Waals surface area contributed by atoms with E-state index in [1.165, 1.54) is 0 Å². The topological polar surface area (TPSA) is 89.4 Å². The van der Waals surface area contributed by atoms with E-state index in [9.17, 15) is 9.90 Å². The van der Waals surface area contributed by atoms with Crippen molar-refractivity contribution in [2.45, 2.75) is 34.1 Å². The van der Waals surface area contributed by atoms with Crippen LogP contribution in [0.15, 0.2) is 21.3 Å². The first-order valence-corrected chi connectivity index (χ1v) is 6.45. The van der Waals surface area contributed by atoms with Crippen LogP contribution in [0.4, 0.5) is 0 Å². The van der Waals surface area contributed by atoms with Gasteiger partial charge < -0.3 is 14.0 Å². The van der Waals surface area contributed by atoms with E-state index in [0.717, 1.165) is 5.56 Å². The van der Waals surface area contributed by atoms with Crippen molar-refractivity contribution in [1.82, 2.24) is 10.1 Å². The standard InChI is InChI=1S/C14H18N2O4/c1-8(2)14(4,13(17)18)7-10-15-12(16-20-10)11-9(3)5-6-19-11/h5-6,8H,7H2,1-4H3,(H,17,18). The maximum absolute atomic E-state index is 11.4. The molecule has 108 valence electrons. The van der Waals surface area contributed by atoms with Gasteiger partial charge in [-0.2, -0.15) is 4.98 Å². The van der Waals surface area contributed by atoms with Gasteiger partial charge in [0.05, 0.1) is 11.7 Å². The third-order valence-corrected chi connectivity index (χ3v) is 3.81. The second-order valence-corrected chi connectivity index (χ2v) is 5.50. The lowest BCUT2D eigenvalue weighted by molar-refractivity contribution is -0.150. The summed E-state index contributed by atoms with van der Waals surface area (Å²) in [6.45, 7) is 7.29. The number of nitrogens with zero attached hydrogens (tertiary/aromatic N) is 2. The van der Waals surface area contributed by atoms with Gasteiger partial charge in [-0.3, -0.25) is 4.79 Å². The average molecular weight is 278 g/mol. The number of carboxylic acids is 1. The molecule has 1 unspecified atom stereocenters. The Hall–Kier alpha value is -2.11. The molecule has 1 atom stereocenters. The molecule has 2 aromatic rings. The lowest BCUT2D eigenvalue weighted by Gasteiger charge is -2.27. The molecular formula is C14H18N2O4. The summed E-state index contributed by atoms with van der Waals surface area (Å²) in [7, 11) is 0. The zero-order chi connectivity index (χ0) is 14.9. The molecule has 6 nitrogen and oxygen atoms in total. The van der Waals surface area contributed by atoms with Crippen LogP contribution in [0.25, 0.3) is 11.6 Å². The number of rotatable bonds is 5. The van der Waals surface area contributed by atoms with Crippen LogP contribution in [-0.2, 0) is 11.2 Å². The predicted octanol–water partition coefficient (Wildman–Crippen LogP) is 2.93. The highest BCUT2D eigenvalue weighted by molar-refractivity contribution is 5.74. The number of carbonyl (C=O) groups is 1. The summed E-state index contributed by atoms with van der Waals surface area (Å²) in [4.78, 5) is 15.7. The second-order valence-electron chi connectivity index (χ2n) is 5.50. The number of aromatic nitrogens is 2. The van der Waals surface area contributed by atoms with Gasteiger partial charge in [0, 0.05) is 6.42 Å². The van der Waals surface area contributed by atoms with Gasteiger partial charge in [-0.05, 0) is 31.4 Å². The molecule has 0 aliphatic rings. The van der Waals surface area contributed by atoms with Gasteiger partial charge in [-0.15, -0.1) is 0 Å². The van der Waals surface area contributed by atoms with Crippen molar-refractivity contribution in [3.63, 3.8) is 0 Å². The highest BCUT2D eigenvalue weighted by Crippen LogP contribution is 2.32. The Balaban J connectivity index is 2.26. The molecule has 2 heterocycles. The number of hydrogen-bond acceptors (Lipinski definition) is 5. The molecule has 20 heavy (non-hydrogen) atoms. The number of furan rings is 1. The summed E-state index contributed by atoms with van der Waals surface area (Å²) in [5.74, 6) is 0.261. The normalized spacial score (nSPS) is 14.4. The van der Waals surface area contributed by atoms with Crippen LogP contribution in [-0.4, -0.2) is 21.2 Å². The largest absolute Gasteiger partial charge is 0.481 e. The monoisotopic (exact) mass is 278 g/mol. The molecule has 0 radical (unpaired) electrons. The fourth-order valence-electron chi connectivity index (χ4n) is 1.86. The Bertz CT molecular complexity index is 614. The third kappa shape index (κ3) is 2.45. The summed E-state index contributed by atoms with van der Waals surface area (Å²) >= 11 is 0. The molecule has 0 aliphatic carbocycles. The van der Waals surface area contributed by atoms with Crippen LogP contribution in [0.5, 0.6) is 0 Å². The second kappa shape index (κ2) is 5.11. The van der Waals surface area contributed by atoms with E-state index >= 15 is 0 Å². The minimum Gasteiger partial charge on any atom is -0.481 e. The van der Waals surface area contributed by atoms with Crippen molar-refractivity contribution in [2.24, 2.45) is 11.3 Å². The number of carboxylic acid groups (broad SMARTS) is 1. The lowest BCUT2D eigenvalue weighted by atomic mass is 9.76. The van der Waals surface area contributed by atoms with Crippen LogP contribution in [0.1, 0.15) is 32.2 Å². The van der Waals surface area contributed by atoms with E-state index in [0.29, 0.717) is 17.5 Å². The summed E-state index contributed by atoms with van der Waals surface area (Å²) in [6.07, 6.45) is 1.74. The van der Waals surface area contributed by atoms with Gasteiger partial charge >= 0.3 is 5.97 Å². The fraction of sp³-hybridized carbons (Fsp3) is 0.500. The first kappa shape index (κ1) is 14.3. The van der Waals surface area contributed by atoms with Gasteiger partial charge in [0.1, 0.15) is 0 Å². The van der Waals surface area contributed by atoms with E-state index in [4.69, 9.17) is 8.94 Å². The number of aryl methyl sites for hydroxylation is 1. The average Bonchev–Trinajstić information content (AvgIpc) is 2.97. The van der Waals surface area contributed by atoms with Crippen LogP contribution in [0, 0.1) is 18.3 Å². The Morgan fingerprint density at radius 3 is 2.70 bits per heavy atom. The smallest absolute Gasteiger partial charge is 0.310 e. The molecular weight excluding hydrogens is 260 g/mol. The van der Waals surface area contributed by atoms with Crippen molar-refractivity contribution in [1.29, 1.82) is 0 Å². The molecule has 2 rings (SSSR count). The van der Waals surface area contributed by atoms with Crippen molar-refractivity contribution in [2.75, 3.05) is 0 Å². The summed E-state index contributed by atoms with van der Waals surface area (Å²) in [6, 6.07) is 1.81. The highest BCUT2D eigenvalue weighted by atomic mass is 16.5. The molecule has 6 heteroatoms. The first-order valence-electron chi connectivity index (χ1n) is 6.45. The van der Waals surface area contributed by atoms with Crippen LogP contribution in [0.3, 0.4) is 0 Å². The molecule has 1 N–H and O–H groups in total. The van der Waals surface area contributed by atoms with Crippen molar-refractivity contribution < 1.29 is 18.8 Å². The fourth-order valence-corrected chi connectivity index (χ4v) is 1.86. The zero-order valence-electron chi connectivity index (χ0n) is 12.0. The van der Waals surface area contributed by atoms with Gasteiger partial charge in [-0.25, -0.2) is 0 Å². The van der Waals surface area contributed by atoms with Gasteiger partial charge in [0.15, 0.2) is 5.76 Å². The molecule has 0 bridgehead atoms. The number of aliphatic carboxylic acids is 1. The molecule has 0 spiro atoms. The van der Waals surface area contributed by atoms with Crippen molar-refractivity contribution >= 4 is 5.97 Å². The quantitative estimate of drug-likeness (QED) is 0.904. The van der Waals surface area contributed by atoms with E-state index in [1.54, 1.807) is 19.3 Å². The summed E-state index contributed by atoms with van der Waals surface area (Å²) < 4.78 is 10.4. The van der Waals surface area contributed by atoms with Gasteiger partial charge in [0.25, 0.3) is 0 Å². The molecule has 0 aliphatic heterocycles. The summed E-state index contributed by atoms with van der Waals surface area (Å²) in [5.41, 5.74) is -0.0376. The van der Waals surface area contributed by atoms with Crippen LogP contribution < -0.4 is 0 Å². The number of hydrogen-bond donors (Lipinski definition) is 1. The maximum atomic E-state index is 11.4. The molecule has 0 aromatic carbocycles. The lowest BCUT2D eigenvalue weighted by Crippen LogP contribution is -2.35. The molecule has 0 amide bonds. The molecule has 0 fully saturated rings. The minimum atomic E-state index is -0.942. The maximum Gasteiger partial charge on any atom is 0.310 e. The highest BCUT2D eigenvalue weighted by Gasteiger charge is 2.38. The van der Waals surface area contributed by atoms with E-state index in [1.807, 2.05) is 20.8 Å². The minimum absolute atomic E-state index is 0.0549. The first-order chi connectivity index (χ1) is 9.34.